The molecule has 7 heteroatoms. The van der Waals surface area contributed by atoms with Gasteiger partial charge >= 0.3 is 0 Å². The van der Waals surface area contributed by atoms with Crippen LogP contribution in [0.1, 0.15) is 33.6 Å². The summed E-state index contributed by atoms with van der Waals surface area (Å²) in [4.78, 5) is 25.5. The van der Waals surface area contributed by atoms with Gasteiger partial charge in [-0.2, -0.15) is 0 Å². The molecule has 1 aliphatic heterocycles. The molecule has 1 amide bonds. The van der Waals surface area contributed by atoms with Crippen LogP contribution in [0.4, 0.5) is 5.82 Å². The zero-order valence-electron chi connectivity index (χ0n) is 15.2. The third-order valence-corrected chi connectivity index (χ3v) is 6.38. The van der Waals surface area contributed by atoms with Gasteiger partial charge in [-0.15, -0.1) is 11.3 Å². The van der Waals surface area contributed by atoms with Crippen LogP contribution in [0.25, 0.3) is 10.2 Å². The predicted octanol–water partition coefficient (Wildman–Crippen LogP) is 4.23. The molecular weight excluding hydrogens is 380 g/mol. The average Bonchev–Trinajstić information content (AvgIpc) is 3.32. The van der Waals surface area contributed by atoms with Gasteiger partial charge < -0.3 is 10.2 Å². The van der Waals surface area contributed by atoms with Crippen molar-refractivity contribution in [1.82, 2.24) is 15.3 Å². The number of halogens is 1. The first-order valence-electron chi connectivity index (χ1n) is 9.15. The Labute approximate surface area is 167 Å². The number of carbonyl (C=O) groups is 1. The molecule has 3 aromatic rings. The molecule has 0 radical (unpaired) electrons. The van der Waals surface area contributed by atoms with E-state index in [0.29, 0.717) is 6.54 Å². The first-order valence-corrected chi connectivity index (χ1v) is 10.3. The van der Waals surface area contributed by atoms with Crippen LogP contribution in [0.15, 0.2) is 30.6 Å². The summed E-state index contributed by atoms with van der Waals surface area (Å²) >= 11 is 7.36. The molecule has 0 bridgehead atoms. The van der Waals surface area contributed by atoms with Gasteiger partial charge in [0.25, 0.3) is 5.91 Å². The van der Waals surface area contributed by atoms with Gasteiger partial charge in [-0.05, 0) is 49.4 Å². The molecule has 27 heavy (non-hydrogen) atoms. The summed E-state index contributed by atoms with van der Waals surface area (Å²) in [6.07, 6.45) is 4.75. The third kappa shape index (κ3) is 3.77. The van der Waals surface area contributed by atoms with Crippen molar-refractivity contribution in [2.75, 3.05) is 24.5 Å². The molecule has 140 valence electrons. The normalized spacial score (nSPS) is 14.1. The quantitative estimate of drug-likeness (QED) is 0.696. The van der Waals surface area contributed by atoms with E-state index in [9.17, 15) is 4.79 Å². The molecule has 1 aromatic carbocycles. The highest BCUT2D eigenvalue weighted by Gasteiger charge is 2.23. The van der Waals surface area contributed by atoms with Crippen LogP contribution in [0.3, 0.4) is 0 Å². The molecule has 0 spiro atoms. The lowest BCUT2D eigenvalue weighted by molar-refractivity contribution is 0.0957. The van der Waals surface area contributed by atoms with Gasteiger partial charge in [-0.3, -0.25) is 4.79 Å². The summed E-state index contributed by atoms with van der Waals surface area (Å²) in [5.41, 5.74) is 2.12. The second kappa shape index (κ2) is 7.82. The van der Waals surface area contributed by atoms with Crippen molar-refractivity contribution in [1.29, 1.82) is 0 Å². The highest BCUT2D eigenvalue weighted by molar-refractivity contribution is 7.20. The SMILES string of the molecule is Cc1c(C(=O)NCCc2ccc(Cl)cc2)sc2ncnc(N3CCCC3)c12. The van der Waals surface area contributed by atoms with Crippen LogP contribution >= 0.6 is 22.9 Å². The van der Waals surface area contributed by atoms with E-state index in [1.807, 2.05) is 31.2 Å². The minimum Gasteiger partial charge on any atom is -0.356 e. The highest BCUT2D eigenvalue weighted by atomic mass is 35.5. The maximum absolute atomic E-state index is 12.7. The largest absolute Gasteiger partial charge is 0.356 e. The molecule has 0 saturated carbocycles. The Morgan fingerprint density at radius 3 is 2.70 bits per heavy atom. The second-order valence-electron chi connectivity index (χ2n) is 6.76. The Morgan fingerprint density at radius 1 is 1.22 bits per heavy atom. The van der Waals surface area contributed by atoms with Gasteiger partial charge in [0.2, 0.25) is 0 Å². The summed E-state index contributed by atoms with van der Waals surface area (Å²) in [5, 5.41) is 4.77. The van der Waals surface area contributed by atoms with Crippen molar-refractivity contribution in [2.45, 2.75) is 26.2 Å². The standard InChI is InChI=1S/C20H21ClN4OS/c1-13-16-18(25-10-2-3-11-25)23-12-24-20(16)27-17(13)19(26)22-9-8-14-4-6-15(21)7-5-14/h4-7,12H,2-3,8-11H2,1H3,(H,22,26). The van der Waals surface area contributed by atoms with Crippen LogP contribution in [0.2, 0.25) is 5.02 Å². The topological polar surface area (TPSA) is 58.1 Å². The minimum atomic E-state index is -0.0446. The van der Waals surface area contributed by atoms with Gasteiger partial charge in [0, 0.05) is 24.7 Å². The summed E-state index contributed by atoms with van der Waals surface area (Å²) in [6.45, 7) is 4.61. The first kappa shape index (κ1) is 18.2. The fourth-order valence-corrected chi connectivity index (χ4v) is 4.68. The molecule has 1 saturated heterocycles. The Morgan fingerprint density at radius 2 is 1.96 bits per heavy atom. The monoisotopic (exact) mass is 400 g/mol. The maximum atomic E-state index is 12.7. The maximum Gasteiger partial charge on any atom is 0.261 e. The van der Waals surface area contributed by atoms with E-state index < -0.39 is 0 Å². The number of carbonyl (C=O) groups excluding carboxylic acids is 1. The van der Waals surface area contributed by atoms with Crippen LogP contribution in [-0.2, 0) is 6.42 Å². The Kier molecular flexibility index (Phi) is 5.27. The predicted molar refractivity (Wildman–Crippen MR) is 111 cm³/mol. The Balaban J connectivity index is 1.51. The third-order valence-electron chi connectivity index (χ3n) is 4.93. The highest BCUT2D eigenvalue weighted by Crippen LogP contribution is 2.35. The molecule has 5 nitrogen and oxygen atoms in total. The summed E-state index contributed by atoms with van der Waals surface area (Å²) in [7, 11) is 0. The molecule has 3 heterocycles. The summed E-state index contributed by atoms with van der Waals surface area (Å²) < 4.78 is 0. The lowest BCUT2D eigenvalue weighted by Crippen LogP contribution is -2.25. The molecule has 0 aliphatic carbocycles. The van der Waals surface area contributed by atoms with Crippen molar-refractivity contribution in [2.24, 2.45) is 0 Å². The number of rotatable bonds is 5. The second-order valence-corrected chi connectivity index (χ2v) is 8.20. The Bertz CT molecular complexity index is 964. The van der Waals surface area contributed by atoms with Crippen LogP contribution in [-0.4, -0.2) is 35.5 Å². The number of hydrogen-bond acceptors (Lipinski definition) is 5. The number of nitrogens with one attached hydrogen (secondary N) is 1. The van der Waals surface area contributed by atoms with Crippen molar-refractivity contribution < 1.29 is 4.79 Å². The number of aryl methyl sites for hydroxylation is 1. The van der Waals surface area contributed by atoms with Gasteiger partial charge in [-0.25, -0.2) is 9.97 Å². The zero-order valence-corrected chi connectivity index (χ0v) is 16.7. The van der Waals surface area contributed by atoms with Crippen molar-refractivity contribution in [3.05, 3.63) is 51.6 Å². The van der Waals surface area contributed by atoms with Gasteiger partial charge in [0.1, 0.15) is 17.0 Å². The van der Waals surface area contributed by atoms with E-state index in [4.69, 9.17) is 11.6 Å². The lowest BCUT2D eigenvalue weighted by Gasteiger charge is -2.17. The molecule has 1 fully saturated rings. The number of anilines is 1. The van der Waals surface area contributed by atoms with E-state index in [1.165, 1.54) is 24.2 Å². The Hall–Kier alpha value is -2.18. The van der Waals surface area contributed by atoms with E-state index in [0.717, 1.165) is 56.6 Å². The zero-order chi connectivity index (χ0) is 18.8. The number of benzene rings is 1. The lowest BCUT2D eigenvalue weighted by atomic mass is 10.1. The number of nitrogens with zero attached hydrogens (tertiary/aromatic N) is 3. The number of aromatic nitrogens is 2. The van der Waals surface area contributed by atoms with Gasteiger partial charge in [0.05, 0.1) is 10.3 Å². The fourth-order valence-electron chi connectivity index (χ4n) is 3.49. The fraction of sp³-hybridized carbons (Fsp3) is 0.350. The van der Waals surface area contributed by atoms with Crippen LogP contribution in [0, 0.1) is 6.92 Å². The number of amides is 1. The number of hydrogen-bond donors (Lipinski definition) is 1. The van der Waals surface area contributed by atoms with Gasteiger partial charge in [-0.1, -0.05) is 23.7 Å². The summed E-state index contributed by atoms with van der Waals surface area (Å²) in [6, 6.07) is 7.70. The van der Waals surface area contributed by atoms with E-state index in [2.05, 4.69) is 20.2 Å². The summed E-state index contributed by atoms with van der Waals surface area (Å²) in [5.74, 6) is 0.920. The van der Waals surface area contributed by atoms with E-state index >= 15 is 0 Å². The van der Waals surface area contributed by atoms with E-state index in [-0.39, 0.29) is 5.91 Å². The van der Waals surface area contributed by atoms with Crippen molar-refractivity contribution >= 4 is 44.9 Å². The van der Waals surface area contributed by atoms with E-state index in [1.54, 1.807) is 6.33 Å². The first-order chi connectivity index (χ1) is 13.1. The molecule has 2 aromatic heterocycles. The number of fused-ring (bicyclic) bond motifs is 1. The molecule has 0 unspecified atom stereocenters. The minimum absolute atomic E-state index is 0.0446. The van der Waals surface area contributed by atoms with Crippen LogP contribution in [0.5, 0.6) is 0 Å². The molecule has 1 aliphatic rings. The molecule has 0 atom stereocenters. The van der Waals surface area contributed by atoms with Crippen molar-refractivity contribution in [3.63, 3.8) is 0 Å². The number of thiophene rings is 1. The molecule has 4 rings (SSSR count). The molecule has 1 N–H and O–H groups in total. The van der Waals surface area contributed by atoms with Crippen molar-refractivity contribution in [3.8, 4) is 0 Å². The van der Waals surface area contributed by atoms with Crippen LogP contribution < -0.4 is 10.2 Å². The smallest absolute Gasteiger partial charge is 0.261 e. The molecular formula is C20H21ClN4OS. The average molecular weight is 401 g/mol. The van der Waals surface area contributed by atoms with Gasteiger partial charge in [0.15, 0.2) is 0 Å².